The number of thiazole rings is 1. The lowest BCUT2D eigenvalue weighted by molar-refractivity contribution is 0.301. The van der Waals surface area contributed by atoms with Crippen molar-refractivity contribution in [3.05, 3.63) is 44.4 Å². The van der Waals surface area contributed by atoms with E-state index in [2.05, 4.69) is 37.9 Å². The molecule has 108 valence electrons. The minimum Gasteiger partial charge on any atom is -0.486 e. The quantitative estimate of drug-likeness (QED) is 0.917. The van der Waals surface area contributed by atoms with Crippen LogP contribution in [0.5, 0.6) is 5.75 Å². The van der Waals surface area contributed by atoms with Gasteiger partial charge < -0.3 is 10.5 Å². The molecule has 2 aromatic rings. The predicted molar refractivity (Wildman–Crippen MR) is 84.6 cm³/mol. The van der Waals surface area contributed by atoms with Crippen LogP contribution in [0.2, 0.25) is 0 Å². The van der Waals surface area contributed by atoms with E-state index in [0.717, 1.165) is 22.9 Å². The zero-order chi connectivity index (χ0) is 14.7. The van der Waals surface area contributed by atoms with Gasteiger partial charge in [0.25, 0.3) is 0 Å². The maximum atomic E-state index is 5.97. The van der Waals surface area contributed by atoms with E-state index in [4.69, 9.17) is 10.5 Å². The van der Waals surface area contributed by atoms with Gasteiger partial charge in [0.2, 0.25) is 0 Å². The summed E-state index contributed by atoms with van der Waals surface area (Å²) in [6.45, 7) is 9.51. The van der Waals surface area contributed by atoms with Crippen molar-refractivity contribution in [2.45, 2.75) is 40.7 Å². The fraction of sp³-hybridized carbons (Fsp3) is 0.438. The number of nitrogens with zero attached hydrogens (tertiary/aromatic N) is 1. The van der Waals surface area contributed by atoms with Crippen LogP contribution in [-0.2, 0) is 13.0 Å². The molecular weight excluding hydrogens is 268 g/mol. The van der Waals surface area contributed by atoms with E-state index in [1.165, 1.54) is 21.6 Å². The molecule has 0 bridgehead atoms. The summed E-state index contributed by atoms with van der Waals surface area (Å²) in [5.74, 6) is 0.969. The summed E-state index contributed by atoms with van der Waals surface area (Å²) in [4.78, 5) is 5.77. The summed E-state index contributed by atoms with van der Waals surface area (Å²) < 4.78 is 5.97. The third kappa shape index (κ3) is 3.38. The van der Waals surface area contributed by atoms with Crippen molar-refractivity contribution in [2.24, 2.45) is 5.73 Å². The number of aryl methyl sites for hydroxylation is 4. The highest BCUT2D eigenvalue weighted by Gasteiger charge is 2.09. The fourth-order valence-corrected chi connectivity index (χ4v) is 3.16. The molecular formula is C16H22N2OS. The Bertz CT molecular complexity index is 562. The summed E-state index contributed by atoms with van der Waals surface area (Å²) >= 11 is 1.70. The second-order valence-corrected chi connectivity index (χ2v) is 6.42. The molecule has 1 aromatic carbocycles. The van der Waals surface area contributed by atoms with Gasteiger partial charge in [-0.05, 0) is 57.4 Å². The molecule has 0 spiro atoms. The van der Waals surface area contributed by atoms with Gasteiger partial charge in [-0.15, -0.1) is 11.3 Å². The van der Waals surface area contributed by atoms with Crippen LogP contribution >= 0.6 is 11.3 Å². The first-order chi connectivity index (χ1) is 9.51. The fourth-order valence-electron chi connectivity index (χ4n) is 2.31. The van der Waals surface area contributed by atoms with Gasteiger partial charge in [-0.2, -0.15) is 0 Å². The van der Waals surface area contributed by atoms with E-state index >= 15 is 0 Å². The van der Waals surface area contributed by atoms with Crippen LogP contribution in [0.25, 0.3) is 0 Å². The van der Waals surface area contributed by atoms with E-state index in [9.17, 15) is 0 Å². The molecule has 0 fully saturated rings. The molecule has 0 aliphatic heterocycles. The Morgan fingerprint density at radius 3 is 2.30 bits per heavy atom. The first-order valence-corrected chi connectivity index (χ1v) is 7.68. The van der Waals surface area contributed by atoms with Crippen LogP contribution in [0.1, 0.15) is 32.3 Å². The lowest BCUT2D eigenvalue weighted by Crippen LogP contribution is -2.04. The van der Waals surface area contributed by atoms with Crippen molar-refractivity contribution in [1.29, 1.82) is 0 Å². The Kier molecular flexibility index (Phi) is 4.78. The zero-order valence-corrected chi connectivity index (χ0v) is 13.4. The van der Waals surface area contributed by atoms with Crippen LogP contribution in [0.3, 0.4) is 0 Å². The molecule has 20 heavy (non-hydrogen) atoms. The summed E-state index contributed by atoms with van der Waals surface area (Å²) in [6.07, 6.45) is 0.910. The van der Waals surface area contributed by atoms with E-state index in [0.29, 0.717) is 13.2 Å². The molecule has 3 nitrogen and oxygen atoms in total. The van der Waals surface area contributed by atoms with Crippen LogP contribution in [-0.4, -0.2) is 11.5 Å². The standard InChI is InChI=1S/C16H22N2OS/c1-10-7-14(5-6-17)8-11(2)16(10)19-9-15-18-12(3)13(4)20-15/h7-8H,5-6,9,17H2,1-4H3. The Labute approximate surface area is 124 Å². The van der Waals surface area contributed by atoms with Crippen molar-refractivity contribution in [3.63, 3.8) is 0 Å². The lowest BCUT2D eigenvalue weighted by atomic mass is 10.0. The molecule has 0 aliphatic rings. The van der Waals surface area contributed by atoms with Gasteiger partial charge in [0.1, 0.15) is 17.4 Å². The number of benzene rings is 1. The predicted octanol–water partition coefficient (Wildman–Crippen LogP) is 3.46. The second kappa shape index (κ2) is 6.37. The number of hydrogen-bond acceptors (Lipinski definition) is 4. The Balaban J connectivity index is 2.13. The summed E-state index contributed by atoms with van der Waals surface area (Å²) in [5, 5.41) is 1.03. The van der Waals surface area contributed by atoms with E-state index < -0.39 is 0 Å². The molecule has 0 unspecified atom stereocenters. The van der Waals surface area contributed by atoms with Gasteiger partial charge in [-0.25, -0.2) is 4.98 Å². The van der Waals surface area contributed by atoms with Gasteiger partial charge >= 0.3 is 0 Å². The highest BCUT2D eigenvalue weighted by Crippen LogP contribution is 2.27. The summed E-state index contributed by atoms with van der Waals surface area (Å²) in [5.41, 5.74) is 10.3. The Morgan fingerprint density at radius 2 is 1.80 bits per heavy atom. The zero-order valence-electron chi connectivity index (χ0n) is 12.6. The Hall–Kier alpha value is -1.39. The monoisotopic (exact) mass is 290 g/mol. The summed E-state index contributed by atoms with van der Waals surface area (Å²) in [6, 6.07) is 4.32. The second-order valence-electron chi connectivity index (χ2n) is 5.14. The molecule has 4 heteroatoms. The Morgan fingerprint density at radius 1 is 1.15 bits per heavy atom. The smallest absolute Gasteiger partial charge is 0.140 e. The van der Waals surface area contributed by atoms with Crippen molar-refractivity contribution in [1.82, 2.24) is 4.98 Å². The normalized spacial score (nSPS) is 10.8. The lowest BCUT2D eigenvalue weighted by Gasteiger charge is -2.13. The minimum atomic E-state index is 0.539. The molecule has 1 heterocycles. The number of rotatable bonds is 5. The van der Waals surface area contributed by atoms with Gasteiger partial charge in [-0.3, -0.25) is 0 Å². The molecule has 0 saturated heterocycles. The average molecular weight is 290 g/mol. The van der Waals surface area contributed by atoms with E-state index in [1.54, 1.807) is 11.3 Å². The number of aromatic nitrogens is 1. The molecule has 0 amide bonds. The molecule has 0 atom stereocenters. The maximum absolute atomic E-state index is 5.97. The molecule has 1 aromatic heterocycles. The molecule has 0 aliphatic carbocycles. The maximum Gasteiger partial charge on any atom is 0.140 e. The van der Waals surface area contributed by atoms with Crippen LogP contribution in [0, 0.1) is 27.7 Å². The third-order valence-corrected chi connectivity index (χ3v) is 4.41. The average Bonchev–Trinajstić information content (AvgIpc) is 2.68. The number of nitrogens with two attached hydrogens (primary N) is 1. The largest absolute Gasteiger partial charge is 0.486 e. The molecule has 2 N–H and O–H groups in total. The van der Waals surface area contributed by atoms with Crippen LogP contribution in [0.4, 0.5) is 0 Å². The van der Waals surface area contributed by atoms with Gasteiger partial charge in [0.05, 0.1) is 5.69 Å². The first kappa shape index (κ1) is 15.0. The molecule has 0 saturated carbocycles. The van der Waals surface area contributed by atoms with Crippen molar-refractivity contribution in [2.75, 3.05) is 6.54 Å². The van der Waals surface area contributed by atoms with E-state index in [-0.39, 0.29) is 0 Å². The molecule has 2 rings (SSSR count). The minimum absolute atomic E-state index is 0.539. The molecule has 0 radical (unpaired) electrons. The van der Waals surface area contributed by atoms with Crippen LogP contribution < -0.4 is 10.5 Å². The number of ether oxygens (including phenoxy) is 1. The highest BCUT2D eigenvalue weighted by atomic mass is 32.1. The van der Waals surface area contributed by atoms with Crippen molar-refractivity contribution >= 4 is 11.3 Å². The van der Waals surface area contributed by atoms with Gasteiger partial charge in [0.15, 0.2) is 0 Å². The first-order valence-electron chi connectivity index (χ1n) is 6.87. The van der Waals surface area contributed by atoms with Crippen LogP contribution in [0.15, 0.2) is 12.1 Å². The van der Waals surface area contributed by atoms with Crippen molar-refractivity contribution in [3.8, 4) is 5.75 Å². The number of hydrogen-bond donors (Lipinski definition) is 1. The summed E-state index contributed by atoms with van der Waals surface area (Å²) in [7, 11) is 0. The highest BCUT2D eigenvalue weighted by molar-refractivity contribution is 7.11. The van der Waals surface area contributed by atoms with E-state index in [1.807, 2.05) is 6.92 Å². The van der Waals surface area contributed by atoms with Crippen molar-refractivity contribution < 1.29 is 4.74 Å². The SMILES string of the molecule is Cc1cc(CCN)cc(C)c1OCc1nc(C)c(C)s1. The van der Waals surface area contributed by atoms with Gasteiger partial charge in [0, 0.05) is 4.88 Å². The third-order valence-electron chi connectivity index (χ3n) is 3.37. The van der Waals surface area contributed by atoms with Gasteiger partial charge in [-0.1, -0.05) is 12.1 Å². The topological polar surface area (TPSA) is 48.1 Å².